The standard InChI is InChI=1S/C7H7O6PS/c8-14(9,10)7-5-3-1-2-4-6(5)15(11,12)13-7/h1-4,7H,(H2,8,9,10). The quantitative estimate of drug-likeness (QED) is 0.558. The first-order valence-corrected chi connectivity index (χ1v) is 6.99. The average Bonchev–Trinajstić information content (AvgIpc) is 2.39. The number of hydrogen-bond donors (Lipinski definition) is 2. The highest BCUT2D eigenvalue weighted by Gasteiger charge is 2.45. The molecule has 0 aromatic heterocycles. The Balaban J connectivity index is 2.68. The van der Waals surface area contributed by atoms with E-state index in [0.29, 0.717) is 0 Å². The Labute approximate surface area is 85.8 Å². The van der Waals surface area contributed by atoms with Crippen molar-refractivity contribution < 1.29 is 27.0 Å². The van der Waals surface area contributed by atoms with Crippen molar-refractivity contribution in [3.63, 3.8) is 0 Å². The van der Waals surface area contributed by atoms with Gasteiger partial charge >= 0.3 is 7.60 Å². The lowest BCUT2D eigenvalue weighted by molar-refractivity contribution is 0.243. The van der Waals surface area contributed by atoms with Gasteiger partial charge in [-0.1, -0.05) is 18.2 Å². The first-order chi connectivity index (χ1) is 6.82. The van der Waals surface area contributed by atoms with Crippen LogP contribution < -0.4 is 0 Å². The Hall–Kier alpha value is -0.720. The van der Waals surface area contributed by atoms with E-state index in [1.54, 1.807) is 0 Å². The minimum absolute atomic E-state index is 0.00540. The molecule has 8 heteroatoms. The molecule has 1 heterocycles. The van der Waals surface area contributed by atoms with Crippen molar-refractivity contribution >= 4 is 17.7 Å². The van der Waals surface area contributed by atoms with E-state index in [9.17, 15) is 13.0 Å². The molecule has 0 saturated carbocycles. The molecule has 1 aromatic rings. The molecule has 1 atom stereocenters. The molecule has 1 aromatic carbocycles. The Morgan fingerprint density at radius 1 is 1.27 bits per heavy atom. The van der Waals surface area contributed by atoms with Crippen molar-refractivity contribution in [1.82, 2.24) is 0 Å². The average molecular weight is 250 g/mol. The summed E-state index contributed by atoms with van der Waals surface area (Å²) in [4.78, 5) is 17.7. The Morgan fingerprint density at radius 3 is 2.47 bits per heavy atom. The zero-order chi connectivity index (χ0) is 11.3. The molecule has 0 aliphatic carbocycles. The molecule has 1 aliphatic rings. The number of hydrogen-bond acceptors (Lipinski definition) is 4. The first-order valence-electron chi connectivity index (χ1n) is 3.90. The predicted octanol–water partition coefficient (Wildman–Crippen LogP) is 0.582. The van der Waals surface area contributed by atoms with Gasteiger partial charge < -0.3 is 9.79 Å². The lowest BCUT2D eigenvalue weighted by atomic mass is 10.2. The van der Waals surface area contributed by atoms with E-state index in [4.69, 9.17) is 9.79 Å². The summed E-state index contributed by atoms with van der Waals surface area (Å²) in [6.45, 7) is 0. The van der Waals surface area contributed by atoms with Gasteiger partial charge in [0.1, 0.15) is 4.90 Å². The van der Waals surface area contributed by atoms with E-state index in [1.807, 2.05) is 0 Å². The van der Waals surface area contributed by atoms with Crippen LogP contribution in [0.4, 0.5) is 0 Å². The summed E-state index contributed by atoms with van der Waals surface area (Å²) in [7, 11) is -8.66. The molecular weight excluding hydrogens is 243 g/mol. The second-order valence-corrected chi connectivity index (χ2v) is 6.22. The Kier molecular flexibility index (Phi) is 2.25. The molecule has 82 valence electrons. The van der Waals surface area contributed by atoms with Gasteiger partial charge in [-0.05, 0) is 6.07 Å². The second kappa shape index (κ2) is 3.13. The van der Waals surface area contributed by atoms with Crippen LogP contribution in [0.5, 0.6) is 0 Å². The lowest BCUT2D eigenvalue weighted by Crippen LogP contribution is -2.00. The summed E-state index contributed by atoms with van der Waals surface area (Å²) in [5, 5.41) is 0. The number of rotatable bonds is 1. The normalized spacial score (nSPS) is 23.7. The van der Waals surface area contributed by atoms with Crippen LogP contribution in [0.3, 0.4) is 0 Å². The largest absolute Gasteiger partial charge is 0.360 e. The van der Waals surface area contributed by atoms with E-state index in [-0.39, 0.29) is 10.5 Å². The molecule has 15 heavy (non-hydrogen) atoms. The lowest BCUT2D eigenvalue weighted by Gasteiger charge is -2.10. The minimum atomic E-state index is -4.63. The van der Waals surface area contributed by atoms with Gasteiger partial charge in [0, 0.05) is 5.56 Å². The summed E-state index contributed by atoms with van der Waals surface area (Å²) < 4.78 is 38.1. The van der Waals surface area contributed by atoms with Gasteiger partial charge in [-0.15, -0.1) is 0 Å². The van der Waals surface area contributed by atoms with Crippen molar-refractivity contribution in [3.05, 3.63) is 29.8 Å². The van der Waals surface area contributed by atoms with Crippen LogP contribution in [0.1, 0.15) is 11.4 Å². The van der Waals surface area contributed by atoms with Gasteiger partial charge in [0.25, 0.3) is 10.1 Å². The second-order valence-electron chi connectivity index (χ2n) is 3.03. The zero-order valence-electron chi connectivity index (χ0n) is 7.27. The van der Waals surface area contributed by atoms with Crippen molar-refractivity contribution in [2.75, 3.05) is 0 Å². The first kappa shape index (κ1) is 10.8. The highest BCUT2D eigenvalue weighted by atomic mass is 32.2. The smallest absolute Gasteiger partial charge is 0.322 e. The van der Waals surface area contributed by atoms with Crippen LogP contribution in [0.25, 0.3) is 0 Å². The summed E-state index contributed by atoms with van der Waals surface area (Å²) >= 11 is 0. The third-order valence-electron chi connectivity index (χ3n) is 1.98. The minimum Gasteiger partial charge on any atom is -0.322 e. The summed E-state index contributed by atoms with van der Waals surface area (Å²) in [5.74, 6) is -1.71. The Bertz CT molecular complexity index is 544. The van der Waals surface area contributed by atoms with Gasteiger partial charge in [0.2, 0.25) is 5.85 Å². The summed E-state index contributed by atoms with van der Waals surface area (Å²) in [6, 6.07) is 5.53. The Morgan fingerprint density at radius 2 is 1.87 bits per heavy atom. The molecule has 2 N–H and O–H groups in total. The van der Waals surface area contributed by atoms with E-state index in [1.165, 1.54) is 24.3 Å². The number of benzene rings is 1. The molecule has 6 nitrogen and oxygen atoms in total. The fourth-order valence-electron chi connectivity index (χ4n) is 1.37. The van der Waals surface area contributed by atoms with Crippen molar-refractivity contribution in [3.8, 4) is 0 Å². The van der Waals surface area contributed by atoms with E-state index >= 15 is 0 Å². The fourth-order valence-corrected chi connectivity index (χ4v) is 3.99. The third kappa shape index (κ3) is 1.73. The maximum absolute atomic E-state index is 11.3. The molecule has 0 bridgehead atoms. The maximum atomic E-state index is 11.3. The van der Waals surface area contributed by atoms with Crippen molar-refractivity contribution in [2.45, 2.75) is 10.7 Å². The highest BCUT2D eigenvalue weighted by Crippen LogP contribution is 2.57. The number of fused-ring (bicyclic) bond motifs is 1. The van der Waals surface area contributed by atoms with E-state index < -0.39 is 23.6 Å². The van der Waals surface area contributed by atoms with Gasteiger partial charge in [0.15, 0.2) is 0 Å². The topological polar surface area (TPSA) is 101 Å². The van der Waals surface area contributed by atoms with Crippen LogP contribution in [0.2, 0.25) is 0 Å². The highest BCUT2D eigenvalue weighted by molar-refractivity contribution is 7.87. The molecule has 2 rings (SSSR count). The van der Waals surface area contributed by atoms with Crippen LogP contribution in [-0.2, 0) is 18.9 Å². The van der Waals surface area contributed by atoms with Crippen LogP contribution in [0, 0.1) is 0 Å². The van der Waals surface area contributed by atoms with Crippen LogP contribution >= 0.6 is 7.60 Å². The molecule has 0 radical (unpaired) electrons. The predicted molar refractivity (Wildman–Crippen MR) is 49.5 cm³/mol. The summed E-state index contributed by atoms with van der Waals surface area (Å²) in [6.07, 6.45) is 0. The molecule has 0 fully saturated rings. The SMILES string of the molecule is O=P(O)(O)C1OS(=O)(=O)c2ccccc21. The van der Waals surface area contributed by atoms with Crippen LogP contribution in [0.15, 0.2) is 29.2 Å². The van der Waals surface area contributed by atoms with Crippen molar-refractivity contribution in [1.29, 1.82) is 0 Å². The zero-order valence-corrected chi connectivity index (χ0v) is 8.98. The molecule has 1 unspecified atom stereocenters. The van der Waals surface area contributed by atoms with E-state index in [0.717, 1.165) is 0 Å². The fraction of sp³-hybridized carbons (Fsp3) is 0.143. The van der Waals surface area contributed by atoms with Gasteiger partial charge in [-0.3, -0.25) is 4.57 Å². The van der Waals surface area contributed by atoms with Crippen LogP contribution in [-0.4, -0.2) is 18.2 Å². The van der Waals surface area contributed by atoms with Gasteiger partial charge in [-0.25, -0.2) is 4.18 Å². The molecule has 1 aliphatic heterocycles. The van der Waals surface area contributed by atoms with Gasteiger partial charge in [0.05, 0.1) is 0 Å². The van der Waals surface area contributed by atoms with Gasteiger partial charge in [-0.2, -0.15) is 8.42 Å². The monoisotopic (exact) mass is 250 g/mol. The molecule has 0 amide bonds. The third-order valence-corrected chi connectivity index (χ3v) is 4.47. The van der Waals surface area contributed by atoms with E-state index in [2.05, 4.69) is 4.18 Å². The molecular formula is C7H7O6PS. The maximum Gasteiger partial charge on any atom is 0.360 e. The molecule has 0 spiro atoms. The molecule has 0 saturated heterocycles. The summed E-state index contributed by atoms with van der Waals surface area (Å²) in [5.41, 5.74) is 0.00540. The van der Waals surface area contributed by atoms with Crippen molar-refractivity contribution in [2.24, 2.45) is 0 Å².